The van der Waals surface area contributed by atoms with E-state index < -0.39 is 5.60 Å². The molecule has 0 aromatic carbocycles. The van der Waals surface area contributed by atoms with E-state index >= 15 is 0 Å². The van der Waals surface area contributed by atoms with Crippen LogP contribution in [0.1, 0.15) is 84.5 Å². The summed E-state index contributed by atoms with van der Waals surface area (Å²) in [6.45, 7) is 6.04. The molecule has 0 spiro atoms. The number of rotatable bonds is 6. The molecule has 4 saturated carbocycles. The minimum Gasteiger partial charge on any atom is -0.396 e. The van der Waals surface area contributed by atoms with Crippen molar-refractivity contribution in [3.63, 3.8) is 0 Å². The van der Waals surface area contributed by atoms with Crippen LogP contribution < -0.4 is 5.73 Å². The molecule has 4 fully saturated rings. The minimum absolute atomic E-state index is 0.0190. The number of nitrogens with two attached hydrogens (primary N) is 1. The molecule has 0 unspecified atom stereocenters. The fourth-order valence-electron chi connectivity index (χ4n) is 8.12. The van der Waals surface area contributed by atoms with E-state index in [1.165, 1.54) is 12.8 Å². The SMILES string of the molecule is C[C@]12CC[C@H](O)C[C@H]1CC[C@@H]1[C@@H]2CC[C@]2(C)[C@H](C/C=N/OCCCN)CC[C@]12O. The van der Waals surface area contributed by atoms with Crippen LogP contribution in [-0.4, -0.2) is 41.3 Å². The van der Waals surface area contributed by atoms with E-state index in [1.54, 1.807) is 0 Å². The maximum atomic E-state index is 12.1. The summed E-state index contributed by atoms with van der Waals surface area (Å²) in [4.78, 5) is 5.30. The quantitative estimate of drug-likeness (QED) is 0.355. The smallest absolute Gasteiger partial charge is 0.118 e. The molecule has 8 atom stereocenters. The van der Waals surface area contributed by atoms with Crippen molar-refractivity contribution in [2.24, 2.45) is 45.4 Å². The molecule has 5 heteroatoms. The van der Waals surface area contributed by atoms with Crippen molar-refractivity contribution in [3.8, 4) is 0 Å². The highest BCUT2D eigenvalue weighted by atomic mass is 16.6. The van der Waals surface area contributed by atoms with Crippen molar-refractivity contribution in [3.05, 3.63) is 0 Å². The van der Waals surface area contributed by atoms with Crippen LogP contribution in [0.15, 0.2) is 5.16 Å². The lowest BCUT2D eigenvalue weighted by molar-refractivity contribution is -0.209. The topological polar surface area (TPSA) is 88.1 Å². The number of aliphatic hydroxyl groups excluding tert-OH is 1. The van der Waals surface area contributed by atoms with Gasteiger partial charge < -0.3 is 20.8 Å². The molecule has 0 aliphatic heterocycles. The van der Waals surface area contributed by atoms with Gasteiger partial charge in [0.2, 0.25) is 0 Å². The summed E-state index contributed by atoms with van der Waals surface area (Å²) >= 11 is 0. The van der Waals surface area contributed by atoms with E-state index in [4.69, 9.17) is 10.6 Å². The second kappa shape index (κ2) is 8.12. The minimum atomic E-state index is -0.543. The molecule has 0 heterocycles. The van der Waals surface area contributed by atoms with E-state index in [2.05, 4.69) is 19.0 Å². The highest BCUT2D eigenvalue weighted by Crippen LogP contribution is 2.69. The third kappa shape index (κ3) is 3.45. The number of oxime groups is 1. The Hall–Kier alpha value is -0.650. The van der Waals surface area contributed by atoms with Gasteiger partial charge in [-0.05, 0) is 112 Å². The number of nitrogens with zero attached hydrogens (tertiary/aromatic N) is 1. The maximum absolute atomic E-state index is 12.1. The number of hydrogen-bond donors (Lipinski definition) is 3. The molecule has 0 bridgehead atoms. The standard InChI is InChI=1S/C24H42N2O3/c1-22-10-7-19(27)16-18(22)4-5-21-20(22)8-11-23(2)17(6-12-24(21,23)28)9-14-26-29-15-3-13-25/h14,17-21,27-28H,3-13,15-16,25H2,1-2H3/b26-14+/t17-,18+,19-,20-,21+,22-,23+,24-/m0/s1. The van der Waals surface area contributed by atoms with Crippen molar-refractivity contribution in [1.82, 2.24) is 0 Å². The zero-order chi connectivity index (χ0) is 20.7. The van der Waals surface area contributed by atoms with E-state index in [-0.39, 0.29) is 11.5 Å². The zero-order valence-electron chi connectivity index (χ0n) is 18.5. The first-order valence-electron chi connectivity index (χ1n) is 12.1. The predicted molar refractivity (Wildman–Crippen MR) is 115 cm³/mol. The third-order valence-corrected chi connectivity index (χ3v) is 10.00. The third-order valence-electron chi connectivity index (χ3n) is 10.00. The summed E-state index contributed by atoms with van der Waals surface area (Å²) in [6.07, 6.45) is 13.2. The Bertz CT molecular complexity index is 613. The molecule has 4 aliphatic rings. The van der Waals surface area contributed by atoms with Gasteiger partial charge in [-0.15, -0.1) is 0 Å². The molecule has 166 valence electrons. The van der Waals surface area contributed by atoms with Gasteiger partial charge in [0.1, 0.15) is 6.61 Å². The molecule has 4 rings (SSSR count). The number of aliphatic hydroxyl groups is 2. The van der Waals surface area contributed by atoms with Crippen LogP contribution in [0.25, 0.3) is 0 Å². The zero-order valence-corrected chi connectivity index (χ0v) is 18.5. The van der Waals surface area contributed by atoms with Crippen LogP contribution in [0.5, 0.6) is 0 Å². The Morgan fingerprint density at radius 1 is 1.07 bits per heavy atom. The summed E-state index contributed by atoms with van der Waals surface area (Å²) in [5.41, 5.74) is 5.23. The molecule has 0 aromatic heterocycles. The van der Waals surface area contributed by atoms with Gasteiger partial charge in [0.25, 0.3) is 0 Å². The Morgan fingerprint density at radius 2 is 1.90 bits per heavy atom. The molecule has 5 nitrogen and oxygen atoms in total. The van der Waals surface area contributed by atoms with Gasteiger partial charge in [0.15, 0.2) is 0 Å². The molecule has 0 radical (unpaired) electrons. The first-order valence-corrected chi connectivity index (χ1v) is 12.1. The van der Waals surface area contributed by atoms with Crippen molar-refractivity contribution < 1.29 is 15.1 Å². The summed E-state index contributed by atoms with van der Waals surface area (Å²) in [6, 6.07) is 0. The molecule has 0 saturated heterocycles. The van der Waals surface area contributed by atoms with E-state index in [0.29, 0.717) is 42.2 Å². The first kappa shape index (κ1) is 21.6. The lowest BCUT2D eigenvalue weighted by Gasteiger charge is -2.63. The van der Waals surface area contributed by atoms with Gasteiger partial charge in [-0.2, -0.15) is 0 Å². The lowest BCUT2D eigenvalue weighted by atomic mass is 9.43. The predicted octanol–water partition coefficient (Wildman–Crippen LogP) is 3.86. The number of fused-ring (bicyclic) bond motifs is 5. The van der Waals surface area contributed by atoms with E-state index in [9.17, 15) is 10.2 Å². The summed E-state index contributed by atoms with van der Waals surface area (Å²) in [5, 5.41) is 26.5. The van der Waals surface area contributed by atoms with Crippen LogP contribution >= 0.6 is 0 Å². The van der Waals surface area contributed by atoms with Crippen molar-refractivity contribution in [2.75, 3.05) is 13.2 Å². The van der Waals surface area contributed by atoms with Gasteiger partial charge in [0, 0.05) is 6.21 Å². The Balaban J connectivity index is 1.46. The van der Waals surface area contributed by atoms with Gasteiger partial charge in [-0.3, -0.25) is 0 Å². The Labute approximate surface area is 176 Å². The second-order valence-electron chi connectivity index (χ2n) is 11.0. The number of hydrogen-bond acceptors (Lipinski definition) is 5. The average Bonchev–Trinajstić information content (AvgIpc) is 2.96. The van der Waals surface area contributed by atoms with Gasteiger partial charge in [0.05, 0.1) is 11.7 Å². The molecule has 29 heavy (non-hydrogen) atoms. The normalized spacial score (nSPS) is 49.5. The molecule has 4 aliphatic carbocycles. The van der Waals surface area contributed by atoms with Crippen molar-refractivity contribution >= 4 is 6.21 Å². The first-order chi connectivity index (χ1) is 13.8. The van der Waals surface area contributed by atoms with E-state index in [1.807, 2.05) is 6.21 Å². The summed E-state index contributed by atoms with van der Waals surface area (Å²) in [5.74, 6) is 2.14. The van der Waals surface area contributed by atoms with E-state index in [0.717, 1.165) is 57.8 Å². The van der Waals surface area contributed by atoms with Gasteiger partial charge >= 0.3 is 0 Å². The lowest BCUT2D eigenvalue weighted by Crippen LogP contribution is -2.62. The van der Waals surface area contributed by atoms with Crippen LogP contribution in [0.2, 0.25) is 0 Å². The summed E-state index contributed by atoms with van der Waals surface area (Å²) < 4.78 is 0. The van der Waals surface area contributed by atoms with Gasteiger partial charge in [-0.1, -0.05) is 19.0 Å². The molecule has 0 aromatic rings. The molecule has 4 N–H and O–H groups in total. The van der Waals surface area contributed by atoms with Crippen LogP contribution in [-0.2, 0) is 4.84 Å². The van der Waals surface area contributed by atoms with Crippen LogP contribution in [0.4, 0.5) is 0 Å². The summed E-state index contributed by atoms with van der Waals surface area (Å²) in [7, 11) is 0. The highest BCUT2D eigenvalue weighted by Gasteiger charge is 2.66. The molecular formula is C24H42N2O3. The fraction of sp³-hybridized carbons (Fsp3) is 0.958. The Kier molecular flexibility index (Phi) is 6.04. The highest BCUT2D eigenvalue weighted by molar-refractivity contribution is 5.57. The Morgan fingerprint density at radius 3 is 2.69 bits per heavy atom. The van der Waals surface area contributed by atoms with Gasteiger partial charge in [-0.25, -0.2) is 0 Å². The van der Waals surface area contributed by atoms with Crippen LogP contribution in [0.3, 0.4) is 0 Å². The van der Waals surface area contributed by atoms with Crippen molar-refractivity contribution in [2.45, 2.75) is 96.2 Å². The fourth-order valence-corrected chi connectivity index (χ4v) is 8.12. The largest absolute Gasteiger partial charge is 0.396 e. The second-order valence-corrected chi connectivity index (χ2v) is 11.0. The molecule has 0 amide bonds. The maximum Gasteiger partial charge on any atom is 0.118 e. The molecular weight excluding hydrogens is 364 g/mol. The van der Waals surface area contributed by atoms with Crippen LogP contribution in [0, 0.1) is 34.5 Å². The van der Waals surface area contributed by atoms with Crippen molar-refractivity contribution in [1.29, 1.82) is 0 Å². The monoisotopic (exact) mass is 406 g/mol. The average molecular weight is 407 g/mol.